The number of nitrogens with zero attached hydrogens (tertiary/aromatic N) is 3. The van der Waals surface area contributed by atoms with Crippen molar-refractivity contribution in [3.63, 3.8) is 0 Å². The quantitative estimate of drug-likeness (QED) is 0.596. The monoisotopic (exact) mass is 381 g/mol. The molecule has 1 aromatic rings. The van der Waals surface area contributed by atoms with E-state index in [1.165, 1.54) is 18.2 Å². The number of carbonyl (C=O) groups is 2. The molecular weight excluding hydrogens is 362 g/mol. The Labute approximate surface area is 155 Å². The van der Waals surface area contributed by atoms with Crippen LogP contribution >= 0.6 is 11.6 Å². The normalized spacial score (nSPS) is 20.7. The van der Waals surface area contributed by atoms with Crippen molar-refractivity contribution in [3.8, 4) is 0 Å². The number of carbonyl (C=O) groups excluding carboxylic acids is 2. The molecule has 3 amide bonds. The molecule has 2 heterocycles. The van der Waals surface area contributed by atoms with Gasteiger partial charge in [0.25, 0.3) is 5.69 Å². The van der Waals surface area contributed by atoms with Crippen molar-refractivity contribution in [1.29, 1.82) is 0 Å². The average Bonchev–Trinajstić information content (AvgIpc) is 3.02. The van der Waals surface area contributed by atoms with Gasteiger partial charge in [0.2, 0.25) is 5.91 Å². The number of halogens is 1. The van der Waals surface area contributed by atoms with Crippen LogP contribution in [0, 0.1) is 10.1 Å². The van der Waals surface area contributed by atoms with Gasteiger partial charge in [-0.15, -0.1) is 0 Å². The van der Waals surface area contributed by atoms with Gasteiger partial charge in [-0.2, -0.15) is 0 Å². The van der Waals surface area contributed by atoms with E-state index in [2.05, 4.69) is 10.6 Å². The van der Waals surface area contributed by atoms with Crippen LogP contribution in [0.2, 0.25) is 5.02 Å². The summed E-state index contributed by atoms with van der Waals surface area (Å²) in [6.07, 6.45) is 1.84. The van der Waals surface area contributed by atoms with Crippen molar-refractivity contribution in [2.45, 2.75) is 18.9 Å². The summed E-state index contributed by atoms with van der Waals surface area (Å²) < 4.78 is 0. The molecule has 1 aromatic carbocycles. The second-order valence-corrected chi connectivity index (χ2v) is 6.84. The van der Waals surface area contributed by atoms with Crippen LogP contribution in [0.15, 0.2) is 18.2 Å². The molecule has 0 saturated carbocycles. The predicted molar refractivity (Wildman–Crippen MR) is 96.3 cm³/mol. The van der Waals surface area contributed by atoms with Crippen LogP contribution < -0.4 is 10.6 Å². The molecule has 0 bridgehead atoms. The van der Waals surface area contributed by atoms with E-state index in [0.717, 1.165) is 19.4 Å². The molecule has 1 unspecified atom stereocenters. The molecule has 3 rings (SSSR count). The van der Waals surface area contributed by atoms with Gasteiger partial charge in [-0.1, -0.05) is 11.6 Å². The van der Waals surface area contributed by atoms with E-state index < -0.39 is 4.92 Å². The maximum absolute atomic E-state index is 12.3. The van der Waals surface area contributed by atoms with Gasteiger partial charge in [0.1, 0.15) is 5.02 Å². The number of nitro groups is 1. The third-order valence-electron chi connectivity index (χ3n) is 4.61. The van der Waals surface area contributed by atoms with Crippen LogP contribution in [0.4, 0.5) is 16.2 Å². The van der Waals surface area contributed by atoms with Crippen LogP contribution in [0.1, 0.15) is 12.8 Å². The Morgan fingerprint density at radius 1 is 1.42 bits per heavy atom. The number of amides is 3. The van der Waals surface area contributed by atoms with Gasteiger partial charge < -0.3 is 15.5 Å². The van der Waals surface area contributed by atoms with Crippen LogP contribution in [0.5, 0.6) is 0 Å². The van der Waals surface area contributed by atoms with Crippen LogP contribution in [-0.2, 0) is 4.79 Å². The second kappa shape index (κ2) is 7.88. The zero-order valence-corrected chi connectivity index (χ0v) is 14.9. The van der Waals surface area contributed by atoms with Gasteiger partial charge in [-0.05, 0) is 31.5 Å². The number of rotatable bonds is 5. The molecule has 2 fully saturated rings. The SMILES string of the molecule is O=C(CN1CCCC(N2CCNC2=O)C1)Nc1ccc(Cl)c([N+](=O)[O-])c1. The van der Waals surface area contributed by atoms with Gasteiger partial charge in [-0.25, -0.2) is 4.79 Å². The minimum atomic E-state index is -0.589. The maximum atomic E-state index is 12.3. The Bertz CT molecular complexity index is 729. The summed E-state index contributed by atoms with van der Waals surface area (Å²) in [5.41, 5.74) is 0.0844. The van der Waals surface area contributed by atoms with Crippen molar-refractivity contribution in [2.75, 3.05) is 38.0 Å². The molecule has 2 saturated heterocycles. The molecule has 26 heavy (non-hydrogen) atoms. The highest BCUT2D eigenvalue weighted by molar-refractivity contribution is 6.32. The number of nitro benzene ring substituents is 1. The maximum Gasteiger partial charge on any atom is 0.317 e. The molecule has 0 aromatic heterocycles. The molecule has 140 valence electrons. The number of likely N-dealkylation sites (tertiary alicyclic amines) is 1. The summed E-state index contributed by atoms with van der Waals surface area (Å²) in [6, 6.07) is 4.22. The molecule has 2 N–H and O–H groups in total. The minimum Gasteiger partial charge on any atom is -0.336 e. The third kappa shape index (κ3) is 4.23. The Kier molecular flexibility index (Phi) is 5.58. The van der Waals surface area contributed by atoms with Crippen molar-refractivity contribution in [2.24, 2.45) is 0 Å². The highest BCUT2D eigenvalue weighted by Gasteiger charge is 2.31. The van der Waals surface area contributed by atoms with Gasteiger partial charge in [0.05, 0.1) is 11.5 Å². The summed E-state index contributed by atoms with van der Waals surface area (Å²) in [5, 5.41) is 16.4. The molecule has 10 heteroatoms. The van der Waals surface area contributed by atoms with E-state index in [-0.39, 0.29) is 35.2 Å². The van der Waals surface area contributed by atoms with Gasteiger partial charge in [0, 0.05) is 37.4 Å². The fourth-order valence-corrected chi connectivity index (χ4v) is 3.58. The lowest BCUT2D eigenvalue weighted by Crippen LogP contribution is -2.50. The van der Waals surface area contributed by atoms with Gasteiger partial charge in [-0.3, -0.25) is 19.8 Å². The standard InChI is InChI=1S/C16H20ClN5O4/c17-13-4-3-11(8-14(13)22(25)26)19-15(23)10-20-6-1-2-12(9-20)21-7-5-18-16(21)24/h3-4,8,12H,1-2,5-7,9-10H2,(H,18,24)(H,19,23). The fourth-order valence-electron chi connectivity index (χ4n) is 3.40. The molecule has 0 spiro atoms. The first kappa shape index (κ1) is 18.4. The first-order chi connectivity index (χ1) is 12.4. The van der Waals surface area contributed by atoms with Gasteiger partial charge in [0.15, 0.2) is 0 Å². The van der Waals surface area contributed by atoms with E-state index in [1.54, 1.807) is 0 Å². The lowest BCUT2D eigenvalue weighted by molar-refractivity contribution is -0.384. The smallest absolute Gasteiger partial charge is 0.317 e. The molecule has 1 atom stereocenters. The summed E-state index contributed by atoms with van der Waals surface area (Å²) >= 11 is 5.77. The summed E-state index contributed by atoms with van der Waals surface area (Å²) in [5.74, 6) is -0.256. The highest BCUT2D eigenvalue weighted by atomic mass is 35.5. The second-order valence-electron chi connectivity index (χ2n) is 6.43. The van der Waals surface area contributed by atoms with Crippen LogP contribution in [0.25, 0.3) is 0 Å². The lowest BCUT2D eigenvalue weighted by atomic mass is 10.0. The Morgan fingerprint density at radius 3 is 2.92 bits per heavy atom. The molecule has 2 aliphatic heterocycles. The molecule has 9 nitrogen and oxygen atoms in total. The van der Waals surface area contributed by atoms with Crippen molar-refractivity contribution in [1.82, 2.24) is 15.1 Å². The predicted octanol–water partition coefficient (Wildman–Crippen LogP) is 1.68. The first-order valence-electron chi connectivity index (χ1n) is 8.44. The van der Waals surface area contributed by atoms with E-state index in [1.807, 2.05) is 9.80 Å². The number of anilines is 1. The number of hydrogen-bond acceptors (Lipinski definition) is 5. The Morgan fingerprint density at radius 2 is 2.23 bits per heavy atom. The lowest BCUT2D eigenvalue weighted by Gasteiger charge is -2.36. The third-order valence-corrected chi connectivity index (χ3v) is 4.92. The Hall–Kier alpha value is -2.39. The summed E-state index contributed by atoms with van der Waals surface area (Å²) in [6.45, 7) is 2.94. The van der Waals surface area contributed by atoms with Crippen molar-refractivity contribution >= 4 is 34.9 Å². The summed E-state index contributed by atoms with van der Waals surface area (Å²) in [7, 11) is 0. The highest BCUT2D eigenvalue weighted by Crippen LogP contribution is 2.27. The zero-order valence-electron chi connectivity index (χ0n) is 14.1. The van der Waals surface area contributed by atoms with Crippen LogP contribution in [-0.4, -0.2) is 65.4 Å². The van der Waals surface area contributed by atoms with E-state index in [4.69, 9.17) is 11.6 Å². The minimum absolute atomic E-state index is 0.0239. The number of nitrogens with one attached hydrogen (secondary N) is 2. The fraction of sp³-hybridized carbons (Fsp3) is 0.500. The topological polar surface area (TPSA) is 108 Å². The molecule has 0 radical (unpaired) electrons. The zero-order chi connectivity index (χ0) is 18.7. The van der Waals surface area contributed by atoms with E-state index in [0.29, 0.717) is 25.3 Å². The first-order valence-corrected chi connectivity index (χ1v) is 8.82. The summed E-state index contributed by atoms with van der Waals surface area (Å²) in [4.78, 5) is 38.3. The molecule has 0 aliphatic carbocycles. The molecule has 2 aliphatic rings. The number of benzene rings is 1. The van der Waals surface area contributed by atoms with Crippen molar-refractivity contribution < 1.29 is 14.5 Å². The number of piperidine rings is 1. The number of urea groups is 1. The molecular formula is C16H20ClN5O4. The van der Waals surface area contributed by atoms with Crippen molar-refractivity contribution in [3.05, 3.63) is 33.3 Å². The Balaban J connectivity index is 1.57. The number of hydrogen-bond donors (Lipinski definition) is 2. The largest absolute Gasteiger partial charge is 0.336 e. The van der Waals surface area contributed by atoms with Gasteiger partial charge >= 0.3 is 6.03 Å². The average molecular weight is 382 g/mol. The van der Waals surface area contributed by atoms with E-state index in [9.17, 15) is 19.7 Å². The van der Waals surface area contributed by atoms with E-state index >= 15 is 0 Å². The van der Waals surface area contributed by atoms with Crippen LogP contribution in [0.3, 0.4) is 0 Å².